The molecule has 1 aliphatic rings. The summed E-state index contributed by atoms with van der Waals surface area (Å²) in [4.78, 5) is 23.4. The van der Waals surface area contributed by atoms with E-state index in [2.05, 4.69) is 23.3 Å². The summed E-state index contributed by atoms with van der Waals surface area (Å²) in [5.74, 6) is 0.874. The molecule has 0 radical (unpaired) electrons. The lowest BCUT2D eigenvalue weighted by atomic mass is 10.1. The number of rotatable bonds is 4. The second kappa shape index (κ2) is 7.08. The lowest BCUT2D eigenvalue weighted by Crippen LogP contribution is -2.29. The Bertz CT molecular complexity index is 943. The molecule has 0 unspecified atom stereocenters. The zero-order chi connectivity index (χ0) is 18.1. The Morgan fingerprint density at radius 2 is 2.00 bits per heavy atom. The van der Waals surface area contributed by atoms with Gasteiger partial charge in [0.2, 0.25) is 0 Å². The van der Waals surface area contributed by atoms with Gasteiger partial charge in [0, 0.05) is 30.4 Å². The van der Waals surface area contributed by atoms with Gasteiger partial charge in [0.05, 0.1) is 17.6 Å². The van der Waals surface area contributed by atoms with E-state index in [1.165, 1.54) is 10.4 Å². The highest BCUT2D eigenvalue weighted by atomic mass is 32.1. The van der Waals surface area contributed by atoms with Gasteiger partial charge in [0.15, 0.2) is 0 Å². The monoisotopic (exact) mass is 365 g/mol. The standard InChI is InChI=1S/C21H23N3OS/c1-15-9-12-26-19(15)14-23(2)21(25)17-13-16-7-3-4-8-18(16)22-20(17)24-10-5-6-11-24/h3-4,7-9,12-13H,5-6,10-11,14H2,1-2H3. The Morgan fingerprint density at radius 3 is 2.73 bits per heavy atom. The molecular weight excluding hydrogens is 342 g/mol. The van der Waals surface area contributed by atoms with Gasteiger partial charge in [0.25, 0.3) is 5.91 Å². The minimum absolute atomic E-state index is 0.0398. The van der Waals surface area contributed by atoms with Crippen LogP contribution in [0, 0.1) is 6.92 Å². The van der Waals surface area contributed by atoms with Crippen LogP contribution in [-0.4, -0.2) is 35.9 Å². The van der Waals surface area contributed by atoms with Gasteiger partial charge < -0.3 is 9.80 Å². The lowest BCUT2D eigenvalue weighted by Gasteiger charge is -2.23. The van der Waals surface area contributed by atoms with Crippen molar-refractivity contribution in [2.45, 2.75) is 26.3 Å². The average molecular weight is 366 g/mol. The molecule has 134 valence electrons. The van der Waals surface area contributed by atoms with Gasteiger partial charge in [0.1, 0.15) is 5.82 Å². The predicted molar refractivity (Wildman–Crippen MR) is 108 cm³/mol. The van der Waals surface area contributed by atoms with Gasteiger partial charge in [-0.1, -0.05) is 18.2 Å². The Labute approximate surface area is 158 Å². The number of hydrogen-bond donors (Lipinski definition) is 0. The normalized spacial score (nSPS) is 14.2. The molecular formula is C21H23N3OS. The first kappa shape index (κ1) is 17.0. The van der Waals surface area contributed by atoms with E-state index in [1.807, 2.05) is 42.3 Å². The van der Waals surface area contributed by atoms with Crippen LogP contribution in [0.1, 0.15) is 33.6 Å². The topological polar surface area (TPSA) is 36.4 Å². The molecule has 1 aliphatic heterocycles. The Morgan fingerprint density at radius 1 is 1.23 bits per heavy atom. The van der Waals surface area contributed by atoms with Crippen molar-refractivity contribution < 1.29 is 4.79 Å². The maximum absolute atomic E-state index is 13.3. The highest BCUT2D eigenvalue weighted by molar-refractivity contribution is 7.10. The molecule has 3 aromatic rings. The van der Waals surface area contributed by atoms with Gasteiger partial charge in [-0.25, -0.2) is 4.98 Å². The number of aromatic nitrogens is 1. The molecule has 0 bridgehead atoms. The summed E-state index contributed by atoms with van der Waals surface area (Å²) in [5, 5.41) is 3.09. The zero-order valence-corrected chi connectivity index (χ0v) is 16.1. The molecule has 1 amide bonds. The number of benzene rings is 1. The van der Waals surface area contributed by atoms with Gasteiger partial charge >= 0.3 is 0 Å². The van der Waals surface area contributed by atoms with Crippen LogP contribution in [0.5, 0.6) is 0 Å². The molecule has 0 atom stereocenters. The van der Waals surface area contributed by atoms with E-state index in [0.717, 1.165) is 42.7 Å². The molecule has 0 aliphatic carbocycles. The number of carbonyl (C=O) groups excluding carboxylic acids is 1. The molecule has 4 nitrogen and oxygen atoms in total. The summed E-state index contributed by atoms with van der Waals surface area (Å²) in [6, 6.07) is 12.1. The van der Waals surface area contributed by atoms with Crippen molar-refractivity contribution in [2.75, 3.05) is 25.0 Å². The molecule has 0 saturated carbocycles. The summed E-state index contributed by atoms with van der Waals surface area (Å²) in [5.41, 5.74) is 2.90. The largest absolute Gasteiger partial charge is 0.356 e. The number of thiophene rings is 1. The van der Waals surface area contributed by atoms with Crippen LogP contribution < -0.4 is 4.90 Å². The Kier molecular flexibility index (Phi) is 4.64. The van der Waals surface area contributed by atoms with Crippen molar-refractivity contribution in [3.05, 3.63) is 57.8 Å². The van der Waals surface area contributed by atoms with E-state index >= 15 is 0 Å². The number of pyridine rings is 1. The first-order valence-corrected chi connectivity index (χ1v) is 9.94. The molecule has 2 aromatic heterocycles. The maximum Gasteiger partial charge on any atom is 0.257 e. The average Bonchev–Trinajstić information content (AvgIpc) is 3.32. The summed E-state index contributed by atoms with van der Waals surface area (Å²) in [7, 11) is 1.88. The molecule has 26 heavy (non-hydrogen) atoms. The van der Waals surface area contributed by atoms with Crippen molar-refractivity contribution in [3.8, 4) is 0 Å². The van der Waals surface area contributed by atoms with Crippen LogP contribution in [-0.2, 0) is 6.54 Å². The van der Waals surface area contributed by atoms with E-state index in [9.17, 15) is 4.79 Å². The number of hydrogen-bond acceptors (Lipinski definition) is 4. The van der Waals surface area contributed by atoms with E-state index in [4.69, 9.17) is 4.98 Å². The molecule has 1 saturated heterocycles. The highest BCUT2D eigenvalue weighted by Crippen LogP contribution is 2.28. The van der Waals surface area contributed by atoms with Gasteiger partial charge in [-0.15, -0.1) is 11.3 Å². The van der Waals surface area contributed by atoms with Crippen LogP contribution >= 0.6 is 11.3 Å². The number of carbonyl (C=O) groups is 1. The number of nitrogens with zero attached hydrogens (tertiary/aromatic N) is 3. The molecule has 0 N–H and O–H groups in total. The zero-order valence-electron chi connectivity index (χ0n) is 15.2. The Hall–Kier alpha value is -2.40. The van der Waals surface area contributed by atoms with Crippen molar-refractivity contribution in [2.24, 2.45) is 0 Å². The predicted octanol–water partition coefficient (Wildman–Crippen LogP) is 4.48. The van der Waals surface area contributed by atoms with Gasteiger partial charge in [-0.05, 0) is 48.9 Å². The quantitative estimate of drug-likeness (QED) is 0.684. The fourth-order valence-corrected chi connectivity index (χ4v) is 4.45. The summed E-state index contributed by atoms with van der Waals surface area (Å²) < 4.78 is 0. The molecule has 5 heteroatoms. The van der Waals surface area contributed by atoms with Crippen LogP contribution in [0.2, 0.25) is 0 Å². The minimum atomic E-state index is 0.0398. The van der Waals surface area contributed by atoms with E-state index in [1.54, 1.807) is 11.3 Å². The summed E-state index contributed by atoms with van der Waals surface area (Å²) in [6.07, 6.45) is 2.32. The Balaban J connectivity index is 1.72. The van der Waals surface area contributed by atoms with E-state index in [0.29, 0.717) is 12.1 Å². The third kappa shape index (κ3) is 3.19. The summed E-state index contributed by atoms with van der Waals surface area (Å²) in [6.45, 7) is 4.67. The second-order valence-corrected chi connectivity index (χ2v) is 7.94. The van der Waals surface area contributed by atoms with Crippen molar-refractivity contribution >= 4 is 34.0 Å². The van der Waals surface area contributed by atoms with Crippen molar-refractivity contribution in [1.82, 2.24) is 9.88 Å². The maximum atomic E-state index is 13.3. The number of anilines is 1. The van der Waals surface area contributed by atoms with Crippen molar-refractivity contribution in [1.29, 1.82) is 0 Å². The summed E-state index contributed by atoms with van der Waals surface area (Å²) >= 11 is 1.70. The third-order valence-corrected chi connectivity index (χ3v) is 6.04. The third-order valence-electron chi connectivity index (χ3n) is 5.04. The second-order valence-electron chi connectivity index (χ2n) is 6.93. The SMILES string of the molecule is Cc1ccsc1CN(C)C(=O)c1cc2ccccc2nc1N1CCCC1. The number of amides is 1. The number of fused-ring (bicyclic) bond motifs is 1. The van der Waals surface area contributed by atoms with Crippen LogP contribution in [0.15, 0.2) is 41.8 Å². The fourth-order valence-electron chi connectivity index (χ4n) is 3.49. The van der Waals surface area contributed by atoms with Crippen LogP contribution in [0.25, 0.3) is 10.9 Å². The smallest absolute Gasteiger partial charge is 0.257 e. The van der Waals surface area contributed by atoms with E-state index in [-0.39, 0.29) is 5.91 Å². The first-order chi connectivity index (χ1) is 12.6. The highest BCUT2D eigenvalue weighted by Gasteiger charge is 2.24. The molecule has 1 fully saturated rings. The number of aryl methyl sites for hydroxylation is 1. The minimum Gasteiger partial charge on any atom is -0.356 e. The van der Waals surface area contributed by atoms with Gasteiger partial charge in [-0.3, -0.25) is 4.79 Å². The lowest BCUT2D eigenvalue weighted by molar-refractivity contribution is 0.0786. The van der Waals surface area contributed by atoms with Crippen molar-refractivity contribution in [3.63, 3.8) is 0 Å². The molecule has 4 rings (SSSR count). The molecule has 1 aromatic carbocycles. The molecule has 3 heterocycles. The molecule has 0 spiro atoms. The van der Waals surface area contributed by atoms with E-state index < -0.39 is 0 Å². The number of para-hydroxylation sites is 1. The van der Waals surface area contributed by atoms with Crippen LogP contribution in [0.4, 0.5) is 5.82 Å². The van der Waals surface area contributed by atoms with Gasteiger partial charge in [-0.2, -0.15) is 0 Å². The fraction of sp³-hybridized carbons (Fsp3) is 0.333. The van der Waals surface area contributed by atoms with Crippen LogP contribution in [0.3, 0.4) is 0 Å². The first-order valence-electron chi connectivity index (χ1n) is 9.06.